The number of hydrogen-bond acceptors (Lipinski definition) is 9. The summed E-state index contributed by atoms with van der Waals surface area (Å²) in [6.07, 6.45) is -1.85. The molecule has 2 amide bonds. The summed E-state index contributed by atoms with van der Waals surface area (Å²) in [7, 11) is 1.96. The van der Waals surface area contributed by atoms with Gasteiger partial charge >= 0.3 is 12.1 Å². The number of nitrogens with one attached hydrogen (secondary N) is 2. The highest BCUT2D eigenvalue weighted by molar-refractivity contribution is 6.07. The molecule has 2 saturated heterocycles. The molecule has 0 radical (unpaired) electrons. The molecule has 262 valence electrons. The highest BCUT2D eigenvalue weighted by atomic mass is 19.4. The third-order valence-corrected chi connectivity index (χ3v) is 8.93. The first kappa shape index (κ1) is 35.3. The third kappa shape index (κ3) is 7.98. The maximum Gasteiger partial charge on any atom is 0.417 e. The van der Waals surface area contributed by atoms with Gasteiger partial charge in [-0.2, -0.15) is 13.2 Å². The van der Waals surface area contributed by atoms with E-state index in [9.17, 15) is 32.3 Å². The molecule has 5 rings (SSSR count). The van der Waals surface area contributed by atoms with Crippen LogP contribution in [0.4, 0.5) is 34.9 Å². The van der Waals surface area contributed by atoms with Crippen molar-refractivity contribution >= 4 is 35.1 Å². The van der Waals surface area contributed by atoms with Crippen LogP contribution in [0.15, 0.2) is 41.6 Å². The van der Waals surface area contributed by atoms with Crippen molar-refractivity contribution in [3.63, 3.8) is 0 Å². The van der Waals surface area contributed by atoms with Crippen LogP contribution in [-0.2, 0) is 15.8 Å². The number of carboxylic acid groups (broad SMARTS) is 1. The number of nitrogens with zero attached hydrogens (tertiary/aromatic N) is 6. The molecule has 0 saturated carbocycles. The van der Waals surface area contributed by atoms with Crippen LogP contribution >= 0.6 is 0 Å². The molecule has 3 aromatic rings. The molecular weight excluding hydrogens is 652 g/mol. The van der Waals surface area contributed by atoms with Crippen molar-refractivity contribution in [1.82, 2.24) is 24.8 Å². The number of H-pyrrole nitrogens is 1. The summed E-state index contributed by atoms with van der Waals surface area (Å²) >= 11 is 0. The lowest BCUT2D eigenvalue weighted by Crippen LogP contribution is -2.55. The number of carboxylic acids is 1. The van der Waals surface area contributed by atoms with E-state index in [-0.39, 0.29) is 53.3 Å². The molecule has 2 fully saturated rings. The van der Waals surface area contributed by atoms with E-state index >= 15 is 4.39 Å². The van der Waals surface area contributed by atoms with E-state index in [0.717, 1.165) is 0 Å². The number of alkyl halides is 3. The minimum atomic E-state index is -4.98. The molecule has 1 aromatic carbocycles. The second-order valence-electron chi connectivity index (χ2n) is 12.2. The van der Waals surface area contributed by atoms with Gasteiger partial charge < -0.3 is 30.1 Å². The summed E-state index contributed by atoms with van der Waals surface area (Å²) in [6.45, 7) is 6.34. The van der Waals surface area contributed by atoms with Gasteiger partial charge in [0.1, 0.15) is 5.82 Å². The Balaban J connectivity index is 1.43. The SMILES string of the molecule is C[C@@H]1CN(c2cc(F)c(-c3cnc(N4CCN(C(=O)CCC(=O)O)CC4)nc3)cc2NC(=O)c2c[nH]c(=O)cc2C(F)(F)F)C[C@H](C)N1C. The molecular formula is C32H36F4N8O5. The number of aromatic amines is 1. The largest absolute Gasteiger partial charge is 0.481 e. The first-order chi connectivity index (χ1) is 23.1. The third-order valence-electron chi connectivity index (χ3n) is 8.93. The van der Waals surface area contributed by atoms with Gasteiger partial charge in [-0.1, -0.05) is 0 Å². The average Bonchev–Trinajstić information content (AvgIpc) is 3.06. The number of benzene rings is 1. The van der Waals surface area contributed by atoms with Crippen molar-refractivity contribution in [2.45, 2.75) is 44.9 Å². The molecule has 2 aromatic heterocycles. The number of rotatable bonds is 8. The second kappa shape index (κ2) is 14.2. The molecule has 0 aliphatic carbocycles. The molecule has 49 heavy (non-hydrogen) atoms. The van der Waals surface area contributed by atoms with Gasteiger partial charge in [-0.05, 0) is 33.0 Å². The lowest BCUT2D eigenvalue weighted by Gasteiger charge is -2.44. The van der Waals surface area contributed by atoms with Crippen molar-refractivity contribution in [2.75, 3.05) is 61.4 Å². The maximum atomic E-state index is 15.9. The van der Waals surface area contributed by atoms with Crippen LogP contribution in [-0.4, -0.2) is 106 Å². The molecule has 0 unspecified atom stereocenters. The molecule has 4 heterocycles. The van der Waals surface area contributed by atoms with E-state index < -0.39 is 40.6 Å². The zero-order valence-corrected chi connectivity index (χ0v) is 27.1. The van der Waals surface area contributed by atoms with Crippen molar-refractivity contribution in [3.8, 4) is 11.1 Å². The minimum Gasteiger partial charge on any atom is -0.481 e. The minimum absolute atomic E-state index is 0.00724. The summed E-state index contributed by atoms with van der Waals surface area (Å²) in [6, 6.07) is 2.94. The fraction of sp³-hybridized carbons (Fsp3) is 0.438. The van der Waals surface area contributed by atoms with Gasteiger partial charge in [0.2, 0.25) is 17.4 Å². The van der Waals surface area contributed by atoms with E-state index in [1.807, 2.05) is 30.7 Å². The van der Waals surface area contributed by atoms with Gasteiger partial charge in [0.25, 0.3) is 5.91 Å². The van der Waals surface area contributed by atoms with E-state index in [1.54, 1.807) is 4.90 Å². The number of aliphatic carboxylic acids is 1. The summed E-state index contributed by atoms with van der Waals surface area (Å²) < 4.78 is 57.2. The standard InChI is InChI=1S/C32H36F4N8O5/c1-18-16-44(17-19(2)41(18)3)26-12-24(33)21(10-25(26)40-30(49)22-15-37-27(45)11-23(22)32(34,35)36)20-13-38-31(39-14-20)43-8-6-42(7-9-43)28(46)4-5-29(47)48/h10-15,18-19H,4-9,16-17H2,1-3H3,(H,37,45)(H,40,49)(H,47,48)/t18-,19+. The topological polar surface area (TPSA) is 155 Å². The summed E-state index contributed by atoms with van der Waals surface area (Å²) in [4.78, 5) is 66.4. The van der Waals surface area contributed by atoms with Gasteiger partial charge in [-0.15, -0.1) is 0 Å². The molecule has 2 aliphatic heterocycles. The van der Waals surface area contributed by atoms with Crippen molar-refractivity contribution in [3.05, 3.63) is 64.1 Å². The lowest BCUT2D eigenvalue weighted by molar-refractivity contribution is -0.141. The first-order valence-corrected chi connectivity index (χ1v) is 15.6. The predicted molar refractivity (Wildman–Crippen MR) is 172 cm³/mol. The predicted octanol–water partition coefficient (Wildman–Crippen LogP) is 3.28. The fourth-order valence-electron chi connectivity index (χ4n) is 5.98. The van der Waals surface area contributed by atoms with Crippen LogP contribution in [0.25, 0.3) is 11.1 Å². The van der Waals surface area contributed by atoms with Crippen LogP contribution in [0.5, 0.6) is 0 Å². The Morgan fingerprint density at radius 2 is 1.61 bits per heavy atom. The van der Waals surface area contributed by atoms with E-state index in [2.05, 4.69) is 25.2 Å². The molecule has 13 nitrogen and oxygen atoms in total. The number of anilines is 3. The van der Waals surface area contributed by atoms with Crippen LogP contribution < -0.4 is 20.7 Å². The molecule has 2 atom stereocenters. The van der Waals surface area contributed by atoms with Crippen LogP contribution in [0.2, 0.25) is 0 Å². The second-order valence-corrected chi connectivity index (χ2v) is 12.2. The number of likely N-dealkylation sites (N-methyl/N-ethyl adjacent to an activating group) is 1. The van der Waals surface area contributed by atoms with Crippen molar-refractivity contribution < 1.29 is 37.1 Å². The quantitative estimate of drug-likeness (QED) is 0.301. The van der Waals surface area contributed by atoms with E-state index in [4.69, 9.17) is 5.11 Å². The average molecular weight is 689 g/mol. The Morgan fingerprint density at radius 3 is 2.20 bits per heavy atom. The summed E-state index contributed by atoms with van der Waals surface area (Å²) in [5.41, 5.74) is -2.68. The van der Waals surface area contributed by atoms with E-state index in [1.165, 1.54) is 24.5 Å². The normalized spacial score (nSPS) is 18.8. The molecule has 17 heteroatoms. The number of pyridine rings is 1. The van der Waals surface area contributed by atoms with Crippen molar-refractivity contribution in [2.24, 2.45) is 0 Å². The molecule has 3 N–H and O–H groups in total. The summed E-state index contributed by atoms with van der Waals surface area (Å²) in [5.74, 6) is -2.79. The van der Waals surface area contributed by atoms with Crippen LogP contribution in [0, 0.1) is 5.82 Å². The van der Waals surface area contributed by atoms with E-state index in [0.29, 0.717) is 57.5 Å². The summed E-state index contributed by atoms with van der Waals surface area (Å²) in [5, 5.41) is 11.4. The monoisotopic (exact) mass is 688 g/mol. The fourth-order valence-corrected chi connectivity index (χ4v) is 5.98. The zero-order valence-electron chi connectivity index (χ0n) is 27.1. The Bertz CT molecular complexity index is 1760. The highest BCUT2D eigenvalue weighted by Crippen LogP contribution is 2.37. The Hall–Kier alpha value is -5.06. The molecule has 0 bridgehead atoms. The Labute approximate surface area is 278 Å². The number of amides is 2. The maximum absolute atomic E-state index is 15.9. The number of halogens is 4. The van der Waals surface area contributed by atoms with Gasteiger partial charge in [-0.25, -0.2) is 14.4 Å². The van der Waals surface area contributed by atoms with Crippen LogP contribution in [0.3, 0.4) is 0 Å². The number of carbonyl (C=O) groups excluding carboxylic acids is 2. The number of carbonyl (C=O) groups is 3. The Kier molecular flexibility index (Phi) is 10.2. The highest BCUT2D eigenvalue weighted by Gasteiger charge is 2.36. The zero-order chi connectivity index (χ0) is 35.6. The molecule has 2 aliphatic rings. The van der Waals surface area contributed by atoms with Crippen LogP contribution in [0.1, 0.15) is 42.6 Å². The number of hydrogen-bond donors (Lipinski definition) is 3. The van der Waals surface area contributed by atoms with Gasteiger partial charge in [-0.3, -0.25) is 24.1 Å². The smallest absolute Gasteiger partial charge is 0.417 e. The lowest BCUT2D eigenvalue weighted by atomic mass is 10.0. The van der Waals surface area contributed by atoms with Crippen molar-refractivity contribution in [1.29, 1.82) is 0 Å². The molecule has 0 spiro atoms. The van der Waals surface area contributed by atoms with Gasteiger partial charge in [0.15, 0.2) is 0 Å². The number of piperazine rings is 2. The Morgan fingerprint density at radius 1 is 0.980 bits per heavy atom. The first-order valence-electron chi connectivity index (χ1n) is 15.6. The van der Waals surface area contributed by atoms with Gasteiger partial charge in [0.05, 0.1) is 28.9 Å². The van der Waals surface area contributed by atoms with Gasteiger partial charge in [0, 0.05) is 93.6 Å². The number of aromatic nitrogens is 3.